The van der Waals surface area contributed by atoms with E-state index < -0.39 is 8.07 Å². The van der Waals surface area contributed by atoms with Gasteiger partial charge in [0.15, 0.2) is 8.07 Å². The molecule has 5 heterocycles. The summed E-state index contributed by atoms with van der Waals surface area (Å²) in [6.45, 7) is 7.43. The molecule has 6 heteroatoms. The molecule has 0 bridgehead atoms. The molecule has 11 aromatic rings. The first-order chi connectivity index (χ1) is 34.4. The highest BCUT2D eigenvalue weighted by molar-refractivity contribution is 7.25. The smallest absolute Gasteiger partial charge is 0.182 e. The Bertz CT molecular complexity index is 3810. The Morgan fingerprint density at radius 3 is 1.71 bits per heavy atom. The molecule has 0 saturated carbocycles. The van der Waals surface area contributed by atoms with E-state index in [9.17, 15) is 0 Å². The first-order valence-corrected chi connectivity index (χ1v) is 26.3. The largest absolute Gasteiger partial charge is 0.457 e. The van der Waals surface area contributed by atoms with Gasteiger partial charge in [-0.25, -0.2) is 4.98 Å². The molecule has 0 fully saturated rings. The van der Waals surface area contributed by atoms with Crippen LogP contribution in [0.15, 0.2) is 225 Å². The van der Waals surface area contributed by atoms with Crippen molar-refractivity contribution in [2.45, 2.75) is 26.2 Å². The summed E-state index contributed by atoms with van der Waals surface area (Å²) in [5.74, 6) is 2.52. The molecule has 70 heavy (non-hydrogen) atoms. The number of para-hydroxylation sites is 3. The normalized spacial score (nSPS) is 13.9. The van der Waals surface area contributed by atoms with Crippen molar-refractivity contribution in [3.05, 3.63) is 230 Å². The Morgan fingerprint density at radius 2 is 1.03 bits per heavy atom. The predicted octanol–water partition coefficient (Wildman–Crippen LogP) is 13.5. The van der Waals surface area contributed by atoms with Crippen molar-refractivity contribution in [3.8, 4) is 50.7 Å². The van der Waals surface area contributed by atoms with E-state index in [4.69, 9.17) is 9.72 Å². The number of ether oxygens (including phenoxy) is 1. The maximum absolute atomic E-state index is 7.26. The molecule has 0 N–H and O–H groups in total. The zero-order valence-corrected chi connectivity index (χ0v) is 40.3. The third-order valence-electron chi connectivity index (χ3n) is 15.1. The lowest BCUT2D eigenvalue weighted by Gasteiger charge is -2.29. The lowest BCUT2D eigenvalue weighted by molar-refractivity contribution is 0.484. The van der Waals surface area contributed by atoms with Crippen LogP contribution in [0.1, 0.15) is 26.3 Å². The van der Waals surface area contributed by atoms with E-state index in [1.165, 1.54) is 81.7 Å². The Kier molecular flexibility index (Phi) is 8.86. The fraction of sp³-hybridized carbons (Fsp3) is 0.0781. The second-order valence-electron chi connectivity index (χ2n) is 19.9. The molecule has 0 aliphatic carbocycles. The van der Waals surface area contributed by atoms with Gasteiger partial charge in [0.2, 0.25) is 0 Å². The Labute approximate surface area is 409 Å². The van der Waals surface area contributed by atoms with Crippen molar-refractivity contribution in [3.63, 3.8) is 0 Å². The quantitative estimate of drug-likeness (QED) is 0.149. The van der Waals surface area contributed by atoms with Gasteiger partial charge < -0.3 is 14.5 Å². The summed E-state index contributed by atoms with van der Waals surface area (Å²) in [7, 11) is -2.77. The number of rotatable bonds is 7. The molecule has 0 atom stereocenters. The van der Waals surface area contributed by atoms with Gasteiger partial charge in [0.05, 0.1) is 28.1 Å². The highest BCUT2D eigenvalue weighted by atomic mass is 28.3. The second-order valence-corrected chi connectivity index (χ2v) is 23.6. The molecule has 0 amide bonds. The number of hydrogen-bond acceptors (Lipinski definition) is 4. The van der Waals surface area contributed by atoms with Gasteiger partial charge in [0.25, 0.3) is 0 Å². The van der Waals surface area contributed by atoms with E-state index in [0.717, 1.165) is 39.9 Å². The minimum atomic E-state index is -2.77. The van der Waals surface area contributed by atoms with Crippen molar-refractivity contribution in [1.82, 2.24) is 9.55 Å². The van der Waals surface area contributed by atoms with Crippen molar-refractivity contribution in [2.75, 3.05) is 16.5 Å². The summed E-state index contributed by atoms with van der Waals surface area (Å²) in [5, 5.41) is 8.35. The fourth-order valence-electron chi connectivity index (χ4n) is 12.1. The number of fused-ring (bicyclic) bond motifs is 8. The SMILES string of the molecule is CC(C)(C)c1ccnc(-n2c3cccc4c3c3c(cc(Oc5cccc(N6CN(c7c(-c8ccccc8)cccc7-c7ccccc7)c7ccccc76)c5)cc32)[Si]42c3ccccc3-c3ccccc32)c1. The second kappa shape index (κ2) is 15.3. The lowest BCUT2D eigenvalue weighted by atomic mass is 9.88. The van der Waals surface area contributed by atoms with Crippen molar-refractivity contribution in [2.24, 2.45) is 0 Å². The summed E-state index contributed by atoms with van der Waals surface area (Å²) >= 11 is 0. The molecule has 3 aliphatic heterocycles. The van der Waals surface area contributed by atoms with Crippen LogP contribution in [0.25, 0.3) is 61.0 Å². The number of benzene rings is 9. The molecule has 334 valence electrons. The Hall–Kier alpha value is -8.45. The van der Waals surface area contributed by atoms with Crippen LogP contribution in [0.4, 0.5) is 22.7 Å². The van der Waals surface area contributed by atoms with Gasteiger partial charge in [-0.05, 0) is 103 Å². The molecule has 1 spiro atoms. The first-order valence-electron chi connectivity index (χ1n) is 24.3. The molecule has 2 aromatic heterocycles. The van der Waals surface area contributed by atoms with E-state index in [1.807, 2.05) is 6.20 Å². The summed E-state index contributed by atoms with van der Waals surface area (Å²) in [5.41, 5.74) is 15.5. The Balaban J connectivity index is 0.925. The topological polar surface area (TPSA) is 33.5 Å². The van der Waals surface area contributed by atoms with Crippen LogP contribution in [-0.2, 0) is 5.41 Å². The van der Waals surface area contributed by atoms with Crippen LogP contribution in [0, 0.1) is 0 Å². The van der Waals surface area contributed by atoms with Gasteiger partial charge in [0, 0.05) is 45.9 Å². The molecule has 0 unspecified atom stereocenters. The standard InChI is InChI=1S/C64H48N4OSi/c1-64(2,3)44-35-36-65-60(37-44)68-54-31-18-34-58-61(54)62-55(68)39-47(40-59(62)70(58)56-32-14-10-25-50(56)51-26-11-15-33-57(51)70)69-46-24-16-23-45(38-46)66-41-67(53-30-13-12-29-52(53)66)63-48(42-19-6-4-7-20-42)27-17-28-49(63)43-21-8-5-9-22-43/h4-40H,41H2,1-3H3. The molecule has 0 radical (unpaired) electrons. The van der Waals surface area contributed by atoms with Crippen LogP contribution in [0.3, 0.4) is 0 Å². The molecular weight excluding hydrogens is 869 g/mol. The lowest BCUT2D eigenvalue weighted by Crippen LogP contribution is -2.71. The van der Waals surface area contributed by atoms with E-state index in [-0.39, 0.29) is 5.41 Å². The fourth-order valence-corrected chi connectivity index (χ4v) is 17.7. The molecule has 14 rings (SSSR count). The number of aromatic nitrogens is 2. The minimum absolute atomic E-state index is 0.0419. The van der Waals surface area contributed by atoms with Crippen LogP contribution in [0.5, 0.6) is 11.5 Å². The highest BCUT2D eigenvalue weighted by Crippen LogP contribution is 2.51. The van der Waals surface area contributed by atoms with Crippen LogP contribution in [0.2, 0.25) is 0 Å². The number of hydrogen-bond donors (Lipinski definition) is 0. The number of pyridine rings is 1. The average Bonchev–Trinajstić information content (AvgIpc) is 4.13. The molecular formula is C64H48N4OSi. The monoisotopic (exact) mass is 916 g/mol. The van der Waals surface area contributed by atoms with E-state index in [1.54, 1.807) is 0 Å². The number of nitrogens with zero attached hydrogens (tertiary/aromatic N) is 4. The third-order valence-corrected chi connectivity index (χ3v) is 20.0. The van der Waals surface area contributed by atoms with Crippen molar-refractivity contribution >= 4 is 73.4 Å². The van der Waals surface area contributed by atoms with E-state index in [0.29, 0.717) is 6.67 Å². The number of anilines is 4. The third kappa shape index (κ3) is 5.87. The Morgan fingerprint density at radius 1 is 0.457 bits per heavy atom. The molecule has 0 saturated heterocycles. The van der Waals surface area contributed by atoms with Gasteiger partial charge in [-0.1, -0.05) is 178 Å². The van der Waals surface area contributed by atoms with Gasteiger partial charge in [-0.2, -0.15) is 0 Å². The van der Waals surface area contributed by atoms with Crippen LogP contribution < -0.4 is 35.3 Å². The molecule has 9 aromatic carbocycles. The van der Waals surface area contributed by atoms with E-state index >= 15 is 0 Å². The van der Waals surface area contributed by atoms with Gasteiger partial charge >= 0.3 is 0 Å². The molecule has 3 aliphatic rings. The van der Waals surface area contributed by atoms with Gasteiger partial charge in [-0.3, -0.25) is 4.57 Å². The zero-order valence-electron chi connectivity index (χ0n) is 39.3. The van der Waals surface area contributed by atoms with Gasteiger partial charge in [0.1, 0.15) is 24.0 Å². The first kappa shape index (κ1) is 40.6. The van der Waals surface area contributed by atoms with Crippen LogP contribution in [-0.4, -0.2) is 24.3 Å². The summed E-state index contributed by atoms with van der Waals surface area (Å²) in [4.78, 5) is 10.00. The van der Waals surface area contributed by atoms with Crippen molar-refractivity contribution < 1.29 is 4.74 Å². The van der Waals surface area contributed by atoms with Gasteiger partial charge in [-0.15, -0.1) is 0 Å². The predicted molar refractivity (Wildman–Crippen MR) is 293 cm³/mol. The summed E-state index contributed by atoms with van der Waals surface area (Å²) in [6, 6.07) is 80.0. The average molecular weight is 917 g/mol. The zero-order chi connectivity index (χ0) is 46.7. The molecule has 5 nitrogen and oxygen atoms in total. The summed E-state index contributed by atoms with van der Waals surface area (Å²) < 4.78 is 9.65. The maximum Gasteiger partial charge on any atom is 0.182 e. The van der Waals surface area contributed by atoms with Crippen LogP contribution >= 0.6 is 0 Å². The summed E-state index contributed by atoms with van der Waals surface area (Å²) in [6.07, 6.45) is 1.97. The highest BCUT2D eigenvalue weighted by Gasteiger charge is 2.54. The maximum atomic E-state index is 7.26. The van der Waals surface area contributed by atoms with Crippen molar-refractivity contribution in [1.29, 1.82) is 0 Å². The minimum Gasteiger partial charge on any atom is -0.457 e. The van der Waals surface area contributed by atoms with E-state index in [2.05, 4.69) is 254 Å².